The lowest BCUT2D eigenvalue weighted by Crippen LogP contribution is -2.31. The molecule has 2 aromatic rings. The first kappa shape index (κ1) is 11.4. The fourth-order valence-corrected chi connectivity index (χ4v) is 3.34. The highest BCUT2D eigenvalue weighted by molar-refractivity contribution is 7.11. The second-order valence-corrected chi connectivity index (χ2v) is 5.71. The third-order valence-electron chi connectivity index (χ3n) is 3.11. The smallest absolute Gasteiger partial charge is 0.269 e. The molecular weight excluding hydrogens is 248 g/mol. The van der Waals surface area contributed by atoms with Crippen LogP contribution in [-0.2, 0) is 6.42 Å². The third-order valence-corrected chi connectivity index (χ3v) is 4.16. The molecule has 2 heterocycles. The molecule has 1 amide bonds. The lowest BCUT2D eigenvalue weighted by atomic mass is 9.97. The maximum Gasteiger partial charge on any atom is 0.269 e. The first-order valence-corrected chi connectivity index (χ1v) is 6.81. The van der Waals surface area contributed by atoms with Gasteiger partial charge in [-0.15, -0.1) is 11.3 Å². The maximum atomic E-state index is 12.0. The van der Waals surface area contributed by atoms with E-state index in [0.29, 0.717) is 5.69 Å². The number of thiazole rings is 1. The average Bonchev–Trinajstić information content (AvgIpc) is 2.96. The number of rotatable bonds is 2. The molecule has 0 unspecified atom stereocenters. The minimum atomic E-state index is -0.115. The van der Waals surface area contributed by atoms with Crippen molar-refractivity contribution in [1.29, 1.82) is 0 Å². The van der Waals surface area contributed by atoms with Crippen molar-refractivity contribution in [3.63, 3.8) is 0 Å². The van der Waals surface area contributed by atoms with E-state index in [1.807, 2.05) is 6.92 Å². The fraction of sp³-hybridized carbons (Fsp3) is 0.417. The first-order valence-electron chi connectivity index (χ1n) is 5.99. The molecule has 0 bridgehead atoms. The van der Waals surface area contributed by atoms with Crippen molar-refractivity contribution in [2.75, 3.05) is 0 Å². The second kappa shape index (κ2) is 4.53. The van der Waals surface area contributed by atoms with Gasteiger partial charge in [-0.1, -0.05) is 0 Å². The Balaban J connectivity index is 1.80. The highest BCUT2D eigenvalue weighted by Gasteiger charge is 2.25. The van der Waals surface area contributed by atoms with Crippen LogP contribution in [0.2, 0.25) is 0 Å². The molecule has 0 aromatic carbocycles. The molecule has 2 aromatic heterocycles. The van der Waals surface area contributed by atoms with Crippen molar-refractivity contribution < 1.29 is 4.79 Å². The summed E-state index contributed by atoms with van der Waals surface area (Å²) >= 11 is 1.74. The van der Waals surface area contributed by atoms with Crippen LogP contribution < -0.4 is 5.32 Å². The standard InChI is InChI=1S/C12H14N4OS/c1-7-15-11-8(3-2-4-10(11)18-7)16-12(17)9-5-13-6-14-9/h5-6,8H,2-4H2,1H3,(H,13,14)(H,16,17)/t8-/m0/s1. The predicted octanol–water partition coefficient (Wildman–Crippen LogP) is 1.98. The van der Waals surface area contributed by atoms with E-state index in [0.717, 1.165) is 30.0 Å². The van der Waals surface area contributed by atoms with Gasteiger partial charge in [0.05, 0.1) is 29.3 Å². The van der Waals surface area contributed by atoms with Gasteiger partial charge >= 0.3 is 0 Å². The van der Waals surface area contributed by atoms with Crippen LogP contribution in [0.4, 0.5) is 0 Å². The van der Waals surface area contributed by atoms with Crippen LogP contribution >= 0.6 is 11.3 Å². The Morgan fingerprint density at radius 1 is 1.61 bits per heavy atom. The van der Waals surface area contributed by atoms with Gasteiger partial charge in [0.25, 0.3) is 5.91 Å². The number of aryl methyl sites for hydroxylation is 2. The maximum absolute atomic E-state index is 12.0. The number of nitrogens with one attached hydrogen (secondary N) is 2. The summed E-state index contributed by atoms with van der Waals surface area (Å²) in [6, 6.07) is 0.0366. The summed E-state index contributed by atoms with van der Waals surface area (Å²) in [5.74, 6) is -0.115. The number of aromatic nitrogens is 3. The van der Waals surface area contributed by atoms with Gasteiger partial charge in [-0.2, -0.15) is 0 Å². The summed E-state index contributed by atoms with van der Waals surface area (Å²) in [6.07, 6.45) is 6.18. The molecule has 0 radical (unpaired) electrons. The normalized spacial score (nSPS) is 18.4. The molecule has 2 N–H and O–H groups in total. The van der Waals surface area contributed by atoms with E-state index in [-0.39, 0.29) is 11.9 Å². The molecule has 1 aliphatic carbocycles. The third kappa shape index (κ3) is 2.03. The van der Waals surface area contributed by atoms with Crippen molar-refractivity contribution in [1.82, 2.24) is 20.3 Å². The molecule has 6 heteroatoms. The quantitative estimate of drug-likeness (QED) is 0.869. The van der Waals surface area contributed by atoms with Crippen LogP contribution in [0.1, 0.15) is 45.0 Å². The van der Waals surface area contributed by atoms with Gasteiger partial charge < -0.3 is 10.3 Å². The average molecular weight is 262 g/mol. The molecule has 3 rings (SSSR count). The van der Waals surface area contributed by atoms with E-state index >= 15 is 0 Å². The zero-order chi connectivity index (χ0) is 12.5. The summed E-state index contributed by atoms with van der Waals surface area (Å²) in [5.41, 5.74) is 1.55. The van der Waals surface area contributed by atoms with E-state index in [9.17, 15) is 4.79 Å². The van der Waals surface area contributed by atoms with Crippen molar-refractivity contribution in [3.8, 4) is 0 Å². The highest BCUT2D eigenvalue weighted by atomic mass is 32.1. The molecule has 94 valence electrons. The number of H-pyrrole nitrogens is 1. The van der Waals surface area contributed by atoms with E-state index in [1.54, 1.807) is 11.3 Å². The zero-order valence-corrected chi connectivity index (χ0v) is 10.9. The number of hydrogen-bond acceptors (Lipinski definition) is 4. The number of nitrogens with zero attached hydrogens (tertiary/aromatic N) is 2. The van der Waals surface area contributed by atoms with Crippen molar-refractivity contribution in [3.05, 3.63) is 33.8 Å². The van der Waals surface area contributed by atoms with Gasteiger partial charge in [0.15, 0.2) is 0 Å². The molecule has 18 heavy (non-hydrogen) atoms. The molecule has 0 saturated carbocycles. The fourth-order valence-electron chi connectivity index (χ4n) is 2.30. The van der Waals surface area contributed by atoms with Gasteiger partial charge in [-0.3, -0.25) is 4.79 Å². The number of imidazole rings is 1. The molecular formula is C12H14N4OS. The second-order valence-electron chi connectivity index (χ2n) is 4.42. The highest BCUT2D eigenvalue weighted by Crippen LogP contribution is 2.33. The number of hydrogen-bond donors (Lipinski definition) is 2. The van der Waals surface area contributed by atoms with Crippen molar-refractivity contribution >= 4 is 17.2 Å². The van der Waals surface area contributed by atoms with Crippen LogP contribution in [0.3, 0.4) is 0 Å². The lowest BCUT2D eigenvalue weighted by molar-refractivity contribution is 0.0927. The molecule has 0 fully saturated rings. The van der Waals surface area contributed by atoms with E-state index in [4.69, 9.17) is 0 Å². The predicted molar refractivity (Wildman–Crippen MR) is 68.6 cm³/mol. The summed E-state index contributed by atoms with van der Waals surface area (Å²) in [4.78, 5) is 24.5. The molecule has 0 aliphatic heterocycles. The summed E-state index contributed by atoms with van der Waals surface area (Å²) < 4.78 is 0. The number of amides is 1. The Kier molecular flexibility index (Phi) is 2.87. The van der Waals surface area contributed by atoms with E-state index in [1.165, 1.54) is 17.4 Å². The molecule has 0 spiro atoms. The van der Waals surface area contributed by atoms with Crippen molar-refractivity contribution in [2.24, 2.45) is 0 Å². The van der Waals surface area contributed by atoms with Crippen LogP contribution in [0.25, 0.3) is 0 Å². The van der Waals surface area contributed by atoms with Gasteiger partial charge in [0.2, 0.25) is 0 Å². The minimum absolute atomic E-state index is 0.0366. The first-order chi connectivity index (χ1) is 8.74. The molecule has 0 saturated heterocycles. The summed E-state index contributed by atoms with van der Waals surface area (Å²) in [7, 11) is 0. The van der Waals surface area contributed by atoms with Crippen molar-refractivity contribution in [2.45, 2.75) is 32.2 Å². The number of carbonyl (C=O) groups excluding carboxylic acids is 1. The van der Waals surface area contributed by atoms with Crippen LogP contribution in [0.15, 0.2) is 12.5 Å². The van der Waals surface area contributed by atoms with E-state index in [2.05, 4.69) is 20.3 Å². The van der Waals surface area contributed by atoms with Crippen LogP contribution in [0.5, 0.6) is 0 Å². The Morgan fingerprint density at radius 2 is 2.50 bits per heavy atom. The molecule has 5 nitrogen and oxygen atoms in total. The topological polar surface area (TPSA) is 70.7 Å². The Bertz CT molecular complexity index is 561. The van der Waals surface area contributed by atoms with Crippen LogP contribution in [0, 0.1) is 6.92 Å². The summed E-state index contributed by atoms with van der Waals surface area (Å²) in [5, 5.41) is 4.10. The summed E-state index contributed by atoms with van der Waals surface area (Å²) in [6.45, 7) is 2.01. The lowest BCUT2D eigenvalue weighted by Gasteiger charge is -2.21. The largest absolute Gasteiger partial charge is 0.342 e. The van der Waals surface area contributed by atoms with Gasteiger partial charge in [0, 0.05) is 4.88 Å². The monoisotopic (exact) mass is 262 g/mol. The Labute approximate surface area is 109 Å². The van der Waals surface area contributed by atoms with Gasteiger partial charge in [-0.05, 0) is 26.2 Å². The number of fused-ring (bicyclic) bond motifs is 1. The Hall–Kier alpha value is -1.69. The Morgan fingerprint density at radius 3 is 3.28 bits per heavy atom. The van der Waals surface area contributed by atoms with Crippen LogP contribution in [-0.4, -0.2) is 20.9 Å². The minimum Gasteiger partial charge on any atom is -0.342 e. The van der Waals surface area contributed by atoms with E-state index < -0.39 is 0 Å². The zero-order valence-electron chi connectivity index (χ0n) is 10.1. The molecule has 1 aliphatic rings. The SMILES string of the molecule is Cc1nc2c(s1)CCC[C@@H]2NC(=O)c1cnc[nH]1. The van der Waals surface area contributed by atoms with Gasteiger partial charge in [0.1, 0.15) is 5.69 Å². The number of aromatic amines is 1. The number of carbonyl (C=O) groups is 1. The van der Waals surface area contributed by atoms with Gasteiger partial charge in [-0.25, -0.2) is 9.97 Å². The molecule has 1 atom stereocenters.